The summed E-state index contributed by atoms with van der Waals surface area (Å²) >= 11 is 15.2. The van der Waals surface area contributed by atoms with E-state index in [2.05, 4.69) is 126 Å². The van der Waals surface area contributed by atoms with Crippen LogP contribution in [0.15, 0.2) is 84.9 Å². The van der Waals surface area contributed by atoms with Crippen molar-refractivity contribution in [3.8, 4) is 71.0 Å². The lowest BCUT2D eigenvalue weighted by Crippen LogP contribution is -2.05. The number of hydrogen-bond acceptors (Lipinski definition) is 12. The van der Waals surface area contributed by atoms with Crippen LogP contribution < -0.4 is 0 Å². The van der Waals surface area contributed by atoms with Crippen molar-refractivity contribution in [2.75, 3.05) is 0 Å². The Hall–Kier alpha value is -3.72. The fourth-order valence-corrected chi connectivity index (χ4v) is 23.7. The molecule has 12 heteroatoms. The van der Waals surface area contributed by atoms with Crippen molar-refractivity contribution in [2.24, 2.45) is 11.8 Å². The Morgan fingerprint density at radius 2 is 0.570 bits per heavy atom. The van der Waals surface area contributed by atoms with Crippen molar-refractivity contribution in [3.05, 3.63) is 106 Å². The molecule has 2 aromatic carbocycles. The van der Waals surface area contributed by atoms with Crippen LogP contribution >= 0.6 is 91.1 Å². The van der Waals surface area contributed by atoms with Crippen molar-refractivity contribution < 1.29 is 0 Å². The summed E-state index contributed by atoms with van der Waals surface area (Å²) in [5.74, 6) is 1.37. The van der Waals surface area contributed by atoms with Crippen LogP contribution in [-0.4, -0.2) is 19.2 Å². The molecule has 0 spiro atoms. The van der Waals surface area contributed by atoms with E-state index in [0.29, 0.717) is 11.8 Å². The molecule has 0 fully saturated rings. The number of fused-ring (bicyclic) bond motifs is 2. The van der Waals surface area contributed by atoms with Gasteiger partial charge < -0.3 is 0 Å². The summed E-state index contributed by atoms with van der Waals surface area (Å²) in [7, 11) is 0. The fourth-order valence-electron chi connectivity index (χ4n) is 15.2. The molecule has 4 nitrogen and oxygen atoms in total. The minimum atomic E-state index is 0.685. The fraction of sp³-hybridized carbons (Fsp3) is 0.591. The summed E-state index contributed by atoms with van der Waals surface area (Å²) in [6.45, 7) is 14.0. The Balaban J connectivity index is 0.973. The van der Waals surface area contributed by atoms with Crippen LogP contribution in [0.1, 0.15) is 319 Å². The highest BCUT2D eigenvalue weighted by molar-refractivity contribution is 7.29. The number of aryl methyl sites for hydroxylation is 2. The van der Waals surface area contributed by atoms with Crippen molar-refractivity contribution >= 4 is 112 Å². The van der Waals surface area contributed by atoms with Gasteiger partial charge in [-0.2, -0.15) is 0 Å². The molecular weight excluding hydrogens is 1370 g/mol. The number of hydrogen-bond donors (Lipinski definition) is 0. The topological polar surface area (TPSA) is 51.6 Å². The van der Waals surface area contributed by atoms with Gasteiger partial charge in [0.15, 0.2) is 0 Å². The molecule has 542 valence electrons. The maximum atomic E-state index is 4.90. The average Bonchev–Trinajstić information content (AvgIpc) is 1.61. The minimum absolute atomic E-state index is 0.685. The summed E-state index contributed by atoms with van der Waals surface area (Å²) in [5, 5.41) is 9.81. The van der Waals surface area contributed by atoms with Crippen LogP contribution in [0.25, 0.3) is 91.5 Å². The first kappa shape index (κ1) is 78.9. The number of aromatic nitrogens is 4. The summed E-state index contributed by atoms with van der Waals surface area (Å²) < 4.78 is 11.8. The number of benzene rings is 2. The third kappa shape index (κ3) is 23.6. The van der Waals surface area contributed by atoms with Crippen molar-refractivity contribution in [1.29, 1.82) is 0 Å². The second-order valence-electron chi connectivity index (χ2n) is 29.4. The van der Waals surface area contributed by atoms with E-state index in [1.54, 1.807) is 34.2 Å². The zero-order chi connectivity index (χ0) is 69.4. The van der Waals surface area contributed by atoms with Gasteiger partial charge in [0.05, 0.1) is 9.40 Å². The summed E-state index contributed by atoms with van der Waals surface area (Å²) in [4.78, 5) is 16.9. The molecule has 0 N–H and O–H groups in total. The lowest BCUT2D eigenvalue weighted by Gasteiger charge is -2.17. The molecular formula is C88H122N4S8. The molecule has 0 saturated carbocycles. The van der Waals surface area contributed by atoms with Gasteiger partial charge in [-0.05, 0) is 145 Å². The Morgan fingerprint density at radius 3 is 0.920 bits per heavy atom. The van der Waals surface area contributed by atoms with Gasteiger partial charge in [0, 0.05) is 80.8 Å². The molecule has 0 radical (unpaired) electrons. The largest absolute Gasteiger partial charge is 0.140 e. The van der Waals surface area contributed by atoms with Gasteiger partial charge in [0.25, 0.3) is 0 Å². The Morgan fingerprint density at radius 1 is 0.270 bits per heavy atom. The highest BCUT2D eigenvalue weighted by Crippen LogP contribution is 2.51. The zero-order valence-corrected chi connectivity index (χ0v) is 68.9. The molecule has 8 heterocycles. The van der Waals surface area contributed by atoms with Gasteiger partial charge in [-0.25, -0.2) is 0 Å². The van der Waals surface area contributed by atoms with Gasteiger partial charge in [-0.15, -0.1) is 78.2 Å². The van der Waals surface area contributed by atoms with E-state index in [0.717, 1.165) is 36.7 Å². The molecule has 10 aromatic rings. The van der Waals surface area contributed by atoms with E-state index in [9.17, 15) is 0 Å². The quantitative estimate of drug-likeness (QED) is 0.0357. The summed E-state index contributed by atoms with van der Waals surface area (Å²) in [5.41, 5.74) is 10.3. The minimum Gasteiger partial charge on any atom is -0.140 e. The Labute approximate surface area is 637 Å². The average molecular weight is 1490 g/mol. The van der Waals surface area contributed by atoms with E-state index in [4.69, 9.17) is 19.2 Å². The number of nitrogens with zero attached hydrogens (tertiary/aromatic N) is 4. The van der Waals surface area contributed by atoms with E-state index < -0.39 is 0 Å². The lowest BCUT2D eigenvalue weighted by atomic mass is 9.88. The number of thiophene rings is 6. The highest BCUT2D eigenvalue weighted by atomic mass is 32.1. The molecule has 2 unspecified atom stereocenters. The third-order valence-corrected chi connectivity index (χ3v) is 30.2. The number of unbranched alkanes of at least 4 members (excludes halogenated alkanes) is 30. The predicted octanol–water partition coefficient (Wildman–Crippen LogP) is 32.9. The normalized spacial score (nSPS) is 12.6. The van der Waals surface area contributed by atoms with Crippen LogP contribution in [0.3, 0.4) is 0 Å². The van der Waals surface area contributed by atoms with Crippen LogP contribution in [0.5, 0.6) is 0 Å². The van der Waals surface area contributed by atoms with E-state index in [1.807, 2.05) is 68.0 Å². The maximum Gasteiger partial charge on any atom is 0.115 e. The van der Waals surface area contributed by atoms with Crippen LogP contribution in [0.2, 0.25) is 0 Å². The monoisotopic (exact) mass is 1490 g/mol. The van der Waals surface area contributed by atoms with Crippen LogP contribution in [0, 0.1) is 11.8 Å². The SMILES string of the molecule is CCCCCCCCCCC(CCCCCCCC)Cc1cc(-c2ccc(-c3ccc(CCCCCC)s3)c3nnsc23)sc1-c1ccc(-c2ccc(-c3sc(-c4ccc(-c5ccc(CCCCCC)s5)c5nnsc45)cc3CC(CCCCCCCC)CCCCCCCCCC)s2)s1. The molecule has 0 bridgehead atoms. The van der Waals surface area contributed by atoms with Crippen LogP contribution in [0.4, 0.5) is 0 Å². The second kappa shape index (κ2) is 44.3. The zero-order valence-electron chi connectivity index (χ0n) is 62.4. The van der Waals surface area contributed by atoms with Gasteiger partial charge in [-0.3, -0.25) is 0 Å². The van der Waals surface area contributed by atoms with Crippen molar-refractivity contribution in [2.45, 2.75) is 324 Å². The van der Waals surface area contributed by atoms with Gasteiger partial charge in [-0.1, -0.05) is 319 Å². The molecule has 8 aromatic heterocycles. The summed E-state index contributed by atoms with van der Waals surface area (Å²) in [6, 6.07) is 34.1. The van der Waals surface area contributed by atoms with E-state index in [-0.39, 0.29) is 0 Å². The molecule has 0 aliphatic rings. The molecule has 10 rings (SSSR count). The summed E-state index contributed by atoms with van der Waals surface area (Å²) in [6.07, 6.45) is 58.6. The third-order valence-electron chi connectivity index (χ3n) is 21.1. The lowest BCUT2D eigenvalue weighted by molar-refractivity contribution is 0.401. The first-order valence-corrected chi connectivity index (χ1v) is 47.0. The Bertz CT molecular complexity index is 3620. The van der Waals surface area contributed by atoms with Gasteiger partial charge >= 0.3 is 0 Å². The van der Waals surface area contributed by atoms with E-state index in [1.165, 1.54) is 347 Å². The first-order chi connectivity index (χ1) is 49.4. The predicted molar refractivity (Wildman–Crippen MR) is 454 cm³/mol. The van der Waals surface area contributed by atoms with Crippen molar-refractivity contribution in [1.82, 2.24) is 19.2 Å². The van der Waals surface area contributed by atoms with Crippen LogP contribution in [-0.2, 0) is 25.7 Å². The smallest absolute Gasteiger partial charge is 0.115 e. The molecule has 0 amide bonds. The second-order valence-corrected chi connectivity index (χ2v) is 37.5. The molecule has 100 heavy (non-hydrogen) atoms. The molecule has 0 aliphatic carbocycles. The van der Waals surface area contributed by atoms with E-state index >= 15 is 0 Å². The molecule has 2 atom stereocenters. The highest BCUT2D eigenvalue weighted by Gasteiger charge is 2.26. The standard InChI is InChI=1S/C88H122N4S8/c1-7-13-19-25-29-31-35-39-45-65(43-37-33-27-21-15-9-3)61-67-63-81(73-53-51-71(83-87(73)99-91-89-83)75-55-49-69(93-75)47-41-23-17-11-5)97-85(67)79-59-57-77(95-79)78-58-60-80(96-78)86-68(62-66(44-38-34-28-22-16-10-4)46-40-36-32-30-26-20-14-8-2)64-82(98-86)74-54-52-72(84-88(74)100-92-90-84)76-56-50-70(94-76)48-42-24-18-12-6/h49-60,63-66H,7-48,61-62H2,1-6H3. The number of rotatable bonds is 53. The Kier molecular flexibility index (Phi) is 34.9. The molecule has 0 saturated heterocycles. The van der Waals surface area contributed by atoms with Gasteiger partial charge in [0.1, 0.15) is 11.0 Å². The molecule has 0 aliphatic heterocycles. The maximum absolute atomic E-state index is 4.90. The van der Waals surface area contributed by atoms with Crippen molar-refractivity contribution in [3.63, 3.8) is 0 Å². The van der Waals surface area contributed by atoms with Gasteiger partial charge in [0.2, 0.25) is 0 Å². The first-order valence-electron chi connectivity index (χ1n) is 40.5.